The molecule has 19 heavy (non-hydrogen) atoms. The van der Waals surface area contributed by atoms with Crippen LogP contribution in [0.4, 0.5) is 0 Å². The largest absolute Gasteiger partial charge is 0.339 e. The number of nitrogens with zero attached hydrogens (tertiary/aromatic N) is 3. The second-order valence-electron chi connectivity index (χ2n) is 5.07. The molecule has 2 aromatic rings. The van der Waals surface area contributed by atoms with Gasteiger partial charge in [0, 0.05) is 12.1 Å². The maximum Gasteiger partial charge on any atom is 0.227 e. The molecule has 5 heteroatoms. The zero-order valence-corrected chi connectivity index (χ0v) is 11.1. The van der Waals surface area contributed by atoms with Crippen LogP contribution in [0.15, 0.2) is 22.7 Å². The predicted molar refractivity (Wildman–Crippen MR) is 71.6 cm³/mol. The quantitative estimate of drug-likeness (QED) is 0.912. The first-order valence-electron chi connectivity index (χ1n) is 6.78. The lowest BCUT2D eigenvalue weighted by molar-refractivity contribution is 0.313. The molecule has 0 amide bonds. The lowest BCUT2D eigenvalue weighted by Gasteiger charge is -2.20. The van der Waals surface area contributed by atoms with E-state index < -0.39 is 0 Å². The van der Waals surface area contributed by atoms with Crippen LogP contribution in [0.3, 0.4) is 0 Å². The van der Waals surface area contributed by atoms with E-state index in [1.165, 1.54) is 12.8 Å². The minimum atomic E-state index is 0.590. The van der Waals surface area contributed by atoms with Crippen LogP contribution >= 0.6 is 0 Å². The summed E-state index contributed by atoms with van der Waals surface area (Å²) in [7, 11) is 0. The molecular formula is C14H18N4O. The molecule has 1 aliphatic rings. The zero-order valence-electron chi connectivity index (χ0n) is 11.1. The van der Waals surface area contributed by atoms with Gasteiger partial charge in [0.05, 0.1) is 0 Å². The third kappa shape index (κ3) is 2.98. The van der Waals surface area contributed by atoms with E-state index in [1.54, 1.807) is 0 Å². The van der Waals surface area contributed by atoms with Gasteiger partial charge >= 0.3 is 0 Å². The number of rotatable bonds is 3. The summed E-state index contributed by atoms with van der Waals surface area (Å²) in [5.41, 5.74) is 1.74. The Balaban J connectivity index is 1.72. The van der Waals surface area contributed by atoms with Gasteiger partial charge < -0.3 is 9.84 Å². The minimum absolute atomic E-state index is 0.590. The fraction of sp³-hybridized carbons (Fsp3) is 0.500. The third-order valence-corrected chi connectivity index (χ3v) is 3.51. The molecule has 1 fully saturated rings. The summed E-state index contributed by atoms with van der Waals surface area (Å²) < 4.78 is 5.34. The van der Waals surface area contributed by atoms with E-state index in [9.17, 15) is 0 Å². The molecule has 1 N–H and O–H groups in total. The summed E-state index contributed by atoms with van der Waals surface area (Å²) in [6, 6.07) is 5.83. The van der Waals surface area contributed by atoms with Crippen LogP contribution in [0.25, 0.3) is 11.5 Å². The highest BCUT2D eigenvalue weighted by molar-refractivity contribution is 5.47. The first-order valence-corrected chi connectivity index (χ1v) is 6.78. The Labute approximate surface area is 112 Å². The number of aromatic nitrogens is 3. The SMILES string of the molecule is Cc1cccc(-c2noc(CC3CCNCC3)n2)n1. The Morgan fingerprint density at radius 2 is 2.11 bits per heavy atom. The van der Waals surface area contributed by atoms with Crippen molar-refractivity contribution >= 4 is 0 Å². The number of hydrogen-bond acceptors (Lipinski definition) is 5. The molecule has 0 atom stereocenters. The van der Waals surface area contributed by atoms with Crippen molar-refractivity contribution in [3.8, 4) is 11.5 Å². The number of nitrogens with one attached hydrogen (secondary N) is 1. The summed E-state index contributed by atoms with van der Waals surface area (Å²) in [5.74, 6) is 1.97. The first-order chi connectivity index (χ1) is 9.31. The molecule has 0 bridgehead atoms. The molecule has 3 rings (SSSR count). The van der Waals surface area contributed by atoms with Crippen molar-refractivity contribution < 1.29 is 4.52 Å². The Morgan fingerprint density at radius 3 is 2.89 bits per heavy atom. The van der Waals surface area contributed by atoms with Crippen LogP contribution in [0.2, 0.25) is 0 Å². The Morgan fingerprint density at radius 1 is 1.26 bits per heavy atom. The van der Waals surface area contributed by atoms with E-state index in [2.05, 4.69) is 20.4 Å². The summed E-state index contributed by atoms with van der Waals surface area (Å²) in [6.07, 6.45) is 3.24. The predicted octanol–water partition coefficient (Wildman–Crippen LogP) is 1.98. The van der Waals surface area contributed by atoms with Crippen molar-refractivity contribution in [1.82, 2.24) is 20.4 Å². The molecule has 1 saturated heterocycles. The summed E-state index contributed by atoms with van der Waals surface area (Å²) in [6.45, 7) is 4.13. The lowest BCUT2D eigenvalue weighted by atomic mass is 9.95. The van der Waals surface area contributed by atoms with E-state index in [4.69, 9.17) is 4.52 Å². The highest BCUT2D eigenvalue weighted by Crippen LogP contribution is 2.19. The number of pyridine rings is 1. The van der Waals surface area contributed by atoms with Crippen LogP contribution in [0, 0.1) is 12.8 Å². The normalized spacial score (nSPS) is 16.7. The molecule has 5 nitrogen and oxygen atoms in total. The van der Waals surface area contributed by atoms with Crippen LogP contribution in [0.5, 0.6) is 0 Å². The van der Waals surface area contributed by atoms with Gasteiger partial charge in [-0.3, -0.25) is 0 Å². The second-order valence-corrected chi connectivity index (χ2v) is 5.07. The van der Waals surface area contributed by atoms with E-state index in [1.807, 2.05) is 25.1 Å². The van der Waals surface area contributed by atoms with Crippen molar-refractivity contribution in [2.45, 2.75) is 26.2 Å². The van der Waals surface area contributed by atoms with Gasteiger partial charge in [0.2, 0.25) is 11.7 Å². The summed E-state index contributed by atoms with van der Waals surface area (Å²) in [4.78, 5) is 8.86. The van der Waals surface area contributed by atoms with Gasteiger partial charge in [-0.1, -0.05) is 11.2 Å². The van der Waals surface area contributed by atoms with Gasteiger partial charge in [-0.2, -0.15) is 4.98 Å². The lowest BCUT2D eigenvalue weighted by Crippen LogP contribution is -2.28. The molecule has 1 aliphatic heterocycles. The van der Waals surface area contributed by atoms with Gasteiger partial charge in [-0.25, -0.2) is 4.98 Å². The molecule has 0 saturated carbocycles. The number of piperidine rings is 1. The minimum Gasteiger partial charge on any atom is -0.339 e. The molecule has 0 radical (unpaired) electrons. The molecule has 100 valence electrons. The van der Waals surface area contributed by atoms with Crippen molar-refractivity contribution in [2.75, 3.05) is 13.1 Å². The highest BCUT2D eigenvalue weighted by atomic mass is 16.5. The van der Waals surface area contributed by atoms with Gasteiger partial charge in [0.25, 0.3) is 0 Å². The van der Waals surface area contributed by atoms with Crippen LogP contribution < -0.4 is 5.32 Å². The van der Waals surface area contributed by atoms with Crippen LogP contribution in [-0.4, -0.2) is 28.2 Å². The molecular weight excluding hydrogens is 240 g/mol. The summed E-state index contributed by atoms with van der Waals surface area (Å²) >= 11 is 0. The average molecular weight is 258 g/mol. The topological polar surface area (TPSA) is 63.8 Å². The Kier molecular flexibility index (Phi) is 3.55. The molecule has 3 heterocycles. The van der Waals surface area contributed by atoms with E-state index >= 15 is 0 Å². The van der Waals surface area contributed by atoms with E-state index in [0.29, 0.717) is 11.7 Å². The van der Waals surface area contributed by atoms with Crippen molar-refractivity contribution in [3.05, 3.63) is 29.8 Å². The van der Waals surface area contributed by atoms with Crippen LogP contribution in [-0.2, 0) is 6.42 Å². The van der Waals surface area contributed by atoms with Crippen LogP contribution in [0.1, 0.15) is 24.4 Å². The second kappa shape index (κ2) is 5.48. The fourth-order valence-electron chi connectivity index (χ4n) is 2.44. The fourth-order valence-corrected chi connectivity index (χ4v) is 2.44. The third-order valence-electron chi connectivity index (χ3n) is 3.51. The Hall–Kier alpha value is -1.75. The molecule has 0 unspecified atom stereocenters. The maximum absolute atomic E-state index is 5.34. The molecule has 0 aromatic carbocycles. The van der Waals surface area contributed by atoms with Gasteiger partial charge in [-0.15, -0.1) is 0 Å². The van der Waals surface area contributed by atoms with Crippen molar-refractivity contribution in [1.29, 1.82) is 0 Å². The van der Waals surface area contributed by atoms with Gasteiger partial charge in [0.15, 0.2) is 0 Å². The van der Waals surface area contributed by atoms with E-state index in [-0.39, 0.29) is 0 Å². The monoisotopic (exact) mass is 258 g/mol. The Bertz CT molecular complexity index is 546. The van der Waals surface area contributed by atoms with Gasteiger partial charge in [0.1, 0.15) is 5.69 Å². The highest BCUT2D eigenvalue weighted by Gasteiger charge is 2.18. The smallest absolute Gasteiger partial charge is 0.227 e. The standard InChI is InChI=1S/C14H18N4O/c1-10-3-2-4-12(16-10)14-17-13(19-18-14)9-11-5-7-15-8-6-11/h2-4,11,15H,5-9H2,1H3. The zero-order chi connectivity index (χ0) is 13.1. The van der Waals surface area contributed by atoms with Gasteiger partial charge in [-0.05, 0) is 50.9 Å². The van der Waals surface area contributed by atoms with E-state index in [0.717, 1.165) is 36.8 Å². The average Bonchev–Trinajstić information content (AvgIpc) is 2.88. The number of aryl methyl sites for hydroxylation is 1. The molecule has 0 spiro atoms. The van der Waals surface area contributed by atoms with Crippen molar-refractivity contribution in [2.24, 2.45) is 5.92 Å². The number of hydrogen-bond donors (Lipinski definition) is 1. The molecule has 2 aromatic heterocycles. The molecule has 0 aliphatic carbocycles. The summed E-state index contributed by atoms with van der Waals surface area (Å²) in [5, 5.41) is 7.39. The van der Waals surface area contributed by atoms with Crippen molar-refractivity contribution in [3.63, 3.8) is 0 Å². The first kappa shape index (κ1) is 12.3. The maximum atomic E-state index is 5.34.